The van der Waals surface area contributed by atoms with Crippen molar-refractivity contribution in [3.8, 4) is 5.69 Å². The Hall–Kier alpha value is -2.88. The molecule has 0 fully saturated rings. The van der Waals surface area contributed by atoms with Crippen molar-refractivity contribution >= 4 is 5.91 Å². The van der Waals surface area contributed by atoms with Crippen LogP contribution in [0, 0.1) is 6.92 Å². The van der Waals surface area contributed by atoms with Crippen molar-refractivity contribution in [1.29, 1.82) is 0 Å². The monoisotopic (exact) mass is 331 g/mol. The average Bonchev–Trinajstić information content (AvgIpc) is 3.25. The molecular weight excluding hydrogens is 310 g/mol. The van der Waals surface area contributed by atoms with E-state index in [0.29, 0.717) is 5.56 Å². The molecule has 126 valence electrons. The first-order chi connectivity index (χ1) is 12.2. The molecule has 0 aliphatic heterocycles. The van der Waals surface area contributed by atoms with E-state index in [1.807, 2.05) is 60.0 Å². The Kier molecular flexibility index (Phi) is 3.88. The Morgan fingerprint density at radius 3 is 2.64 bits per heavy atom. The predicted octanol–water partition coefficient (Wildman–Crippen LogP) is 3.94. The summed E-state index contributed by atoms with van der Waals surface area (Å²) in [6.07, 6.45) is 3.69. The molecule has 1 atom stereocenters. The van der Waals surface area contributed by atoms with E-state index in [-0.39, 0.29) is 11.9 Å². The summed E-state index contributed by atoms with van der Waals surface area (Å²) in [5.74, 6) is 0.0291. The molecule has 1 unspecified atom stereocenters. The van der Waals surface area contributed by atoms with E-state index < -0.39 is 0 Å². The summed E-state index contributed by atoms with van der Waals surface area (Å²) in [5.41, 5.74) is 5.12. The van der Waals surface area contributed by atoms with Gasteiger partial charge in [-0.2, -0.15) is 5.10 Å². The number of hydrogen-bond donors (Lipinski definition) is 0. The van der Waals surface area contributed by atoms with Gasteiger partial charge in [-0.3, -0.25) is 4.79 Å². The highest BCUT2D eigenvalue weighted by atomic mass is 16.2. The Morgan fingerprint density at radius 2 is 1.84 bits per heavy atom. The second kappa shape index (κ2) is 6.20. The molecule has 1 aliphatic carbocycles. The third kappa shape index (κ3) is 2.64. The standard InChI is InChI=1S/C21H21N3O/c1-15-19(14-22-24(15)17-9-4-3-5-10-17)21(25)23(2)20-13-12-16-8-6-7-11-18(16)20/h3-11,14,20H,12-13H2,1-2H3. The van der Waals surface area contributed by atoms with Gasteiger partial charge in [-0.1, -0.05) is 42.5 Å². The van der Waals surface area contributed by atoms with Gasteiger partial charge in [-0.25, -0.2) is 4.68 Å². The van der Waals surface area contributed by atoms with Crippen LogP contribution >= 0.6 is 0 Å². The molecule has 2 aromatic carbocycles. The zero-order valence-electron chi connectivity index (χ0n) is 14.5. The molecule has 3 aromatic rings. The van der Waals surface area contributed by atoms with Crippen LogP contribution in [0.1, 0.15) is 39.6 Å². The van der Waals surface area contributed by atoms with Crippen LogP contribution in [0.15, 0.2) is 60.8 Å². The summed E-state index contributed by atoms with van der Waals surface area (Å²) in [5, 5.41) is 4.43. The van der Waals surface area contributed by atoms with E-state index in [0.717, 1.165) is 24.2 Å². The molecule has 1 aliphatic rings. The number of aromatic nitrogens is 2. The average molecular weight is 331 g/mol. The van der Waals surface area contributed by atoms with Crippen molar-refractivity contribution in [2.45, 2.75) is 25.8 Å². The molecule has 1 heterocycles. The molecule has 0 saturated carbocycles. The van der Waals surface area contributed by atoms with Crippen LogP contribution in [0.25, 0.3) is 5.69 Å². The first kappa shape index (κ1) is 15.6. The summed E-state index contributed by atoms with van der Waals surface area (Å²) >= 11 is 0. The molecule has 4 rings (SSSR count). The maximum atomic E-state index is 13.1. The molecule has 0 radical (unpaired) electrons. The smallest absolute Gasteiger partial charge is 0.257 e. The minimum Gasteiger partial charge on any atom is -0.335 e. The van der Waals surface area contributed by atoms with E-state index in [9.17, 15) is 4.79 Å². The van der Waals surface area contributed by atoms with Crippen molar-refractivity contribution in [3.05, 3.63) is 83.2 Å². The second-order valence-corrected chi connectivity index (χ2v) is 6.56. The zero-order chi connectivity index (χ0) is 17.4. The maximum Gasteiger partial charge on any atom is 0.257 e. The zero-order valence-corrected chi connectivity index (χ0v) is 14.5. The van der Waals surface area contributed by atoms with Crippen molar-refractivity contribution in [3.63, 3.8) is 0 Å². The number of aryl methyl sites for hydroxylation is 1. The van der Waals surface area contributed by atoms with E-state index in [4.69, 9.17) is 0 Å². The van der Waals surface area contributed by atoms with Crippen LogP contribution < -0.4 is 0 Å². The Bertz CT molecular complexity index is 914. The van der Waals surface area contributed by atoms with Gasteiger partial charge in [0.2, 0.25) is 0 Å². The topological polar surface area (TPSA) is 38.1 Å². The number of carbonyl (C=O) groups is 1. The van der Waals surface area contributed by atoms with E-state index in [1.165, 1.54) is 11.1 Å². The van der Waals surface area contributed by atoms with Gasteiger partial charge in [0.25, 0.3) is 5.91 Å². The quantitative estimate of drug-likeness (QED) is 0.729. The Labute approximate surface area is 147 Å². The highest BCUT2D eigenvalue weighted by Crippen LogP contribution is 2.35. The molecule has 4 heteroatoms. The number of para-hydroxylation sites is 1. The SMILES string of the molecule is Cc1c(C(=O)N(C)C2CCc3ccccc32)cnn1-c1ccccc1. The van der Waals surface area contributed by atoms with Gasteiger partial charge < -0.3 is 4.90 Å². The van der Waals surface area contributed by atoms with Gasteiger partial charge >= 0.3 is 0 Å². The normalized spacial score (nSPS) is 15.8. The summed E-state index contributed by atoms with van der Waals surface area (Å²) < 4.78 is 1.82. The lowest BCUT2D eigenvalue weighted by molar-refractivity contribution is 0.0730. The largest absolute Gasteiger partial charge is 0.335 e. The summed E-state index contributed by atoms with van der Waals surface area (Å²) in [6.45, 7) is 1.95. The number of rotatable bonds is 3. The fourth-order valence-electron chi connectivity index (χ4n) is 3.72. The highest BCUT2D eigenvalue weighted by Gasteiger charge is 2.30. The van der Waals surface area contributed by atoms with Gasteiger partial charge in [0.1, 0.15) is 0 Å². The maximum absolute atomic E-state index is 13.1. The molecule has 25 heavy (non-hydrogen) atoms. The van der Waals surface area contributed by atoms with Crippen LogP contribution in [-0.4, -0.2) is 27.6 Å². The van der Waals surface area contributed by atoms with Crippen LogP contribution in [0.5, 0.6) is 0 Å². The lowest BCUT2D eigenvalue weighted by Gasteiger charge is -2.25. The minimum atomic E-state index is 0.0291. The Morgan fingerprint density at radius 1 is 1.12 bits per heavy atom. The van der Waals surface area contributed by atoms with E-state index in [1.54, 1.807) is 6.20 Å². The van der Waals surface area contributed by atoms with Gasteiger partial charge in [-0.05, 0) is 43.0 Å². The number of benzene rings is 2. The van der Waals surface area contributed by atoms with E-state index in [2.05, 4.69) is 23.3 Å². The van der Waals surface area contributed by atoms with Crippen LogP contribution in [-0.2, 0) is 6.42 Å². The van der Waals surface area contributed by atoms with Crippen molar-refractivity contribution < 1.29 is 4.79 Å². The fourth-order valence-corrected chi connectivity index (χ4v) is 3.72. The molecule has 0 saturated heterocycles. The van der Waals surface area contributed by atoms with E-state index >= 15 is 0 Å². The summed E-state index contributed by atoms with van der Waals surface area (Å²) in [6, 6.07) is 18.5. The molecular formula is C21H21N3O. The minimum absolute atomic E-state index is 0.0291. The Balaban J connectivity index is 1.63. The van der Waals surface area contributed by atoms with Crippen molar-refractivity contribution in [1.82, 2.24) is 14.7 Å². The lowest BCUT2D eigenvalue weighted by atomic mass is 10.1. The number of amides is 1. The van der Waals surface area contributed by atoms with Gasteiger partial charge in [0.05, 0.1) is 29.2 Å². The van der Waals surface area contributed by atoms with Crippen LogP contribution in [0.3, 0.4) is 0 Å². The number of fused-ring (bicyclic) bond motifs is 1. The number of carbonyl (C=O) groups excluding carboxylic acids is 1. The van der Waals surface area contributed by atoms with Crippen LogP contribution in [0.4, 0.5) is 0 Å². The number of nitrogens with zero attached hydrogens (tertiary/aromatic N) is 3. The lowest BCUT2D eigenvalue weighted by Crippen LogP contribution is -2.30. The molecule has 0 bridgehead atoms. The number of hydrogen-bond acceptors (Lipinski definition) is 2. The summed E-state index contributed by atoms with van der Waals surface area (Å²) in [4.78, 5) is 14.9. The van der Waals surface area contributed by atoms with Gasteiger partial charge in [-0.15, -0.1) is 0 Å². The van der Waals surface area contributed by atoms with Crippen molar-refractivity contribution in [2.24, 2.45) is 0 Å². The fraction of sp³-hybridized carbons (Fsp3) is 0.238. The third-order valence-electron chi connectivity index (χ3n) is 5.13. The second-order valence-electron chi connectivity index (χ2n) is 6.56. The first-order valence-corrected chi connectivity index (χ1v) is 8.62. The molecule has 0 N–H and O–H groups in total. The highest BCUT2D eigenvalue weighted by molar-refractivity contribution is 5.95. The molecule has 1 aromatic heterocycles. The van der Waals surface area contributed by atoms with Gasteiger partial charge in [0.15, 0.2) is 0 Å². The van der Waals surface area contributed by atoms with Crippen molar-refractivity contribution in [2.75, 3.05) is 7.05 Å². The summed E-state index contributed by atoms with van der Waals surface area (Å²) in [7, 11) is 1.90. The van der Waals surface area contributed by atoms with Crippen LogP contribution in [0.2, 0.25) is 0 Å². The predicted molar refractivity (Wildman–Crippen MR) is 97.9 cm³/mol. The molecule has 0 spiro atoms. The molecule has 1 amide bonds. The van der Waals surface area contributed by atoms with Gasteiger partial charge in [0, 0.05) is 7.05 Å². The first-order valence-electron chi connectivity index (χ1n) is 8.62. The molecule has 4 nitrogen and oxygen atoms in total. The third-order valence-corrected chi connectivity index (χ3v) is 5.13.